The van der Waals surface area contributed by atoms with Crippen molar-refractivity contribution in [1.29, 1.82) is 0 Å². The predicted molar refractivity (Wildman–Crippen MR) is 122 cm³/mol. The number of esters is 2. The second kappa shape index (κ2) is 14.2. The zero-order valence-corrected chi connectivity index (χ0v) is 22.0. The smallest absolute Gasteiger partial charge is 0.462 e. The van der Waals surface area contributed by atoms with Crippen LogP contribution >= 0.6 is 7.82 Å². The fourth-order valence-electron chi connectivity index (χ4n) is 3.35. The van der Waals surface area contributed by atoms with Gasteiger partial charge in [-0.3, -0.25) is 18.3 Å². The van der Waals surface area contributed by atoms with E-state index >= 15 is 0 Å². The van der Waals surface area contributed by atoms with E-state index in [1.807, 2.05) is 0 Å². The van der Waals surface area contributed by atoms with E-state index in [0.717, 1.165) is 32.1 Å². The number of hydrogen-bond acceptors (Lipinski definition) is 10. The fraction of sp³-hybridized carbons (Fsp3) is 0.850. The standard InChI is InChI=1S/C20H36NO12PS/c1-15(22)21-10-7-13-35(28,29)32-14-20(2,3)17(33-34(25,26)27)19(24)31-12-11-30-18(23)16-8-5-4-6-9-16/h16-17H,4-14H2,1-3H3,(H,21,22)(H2,25,26,27)/t17-/m0/s1. The van der Waals surface area contributed by atoms with Crippen LogP contribution in [0.15, 0.2) is 0 Å². The summed E-state index contributed by atoms with van der Waals surface area (Å²) in [5.41, 5.74) is -1.54. The molecule has 1 aliphatic carbocycles. The zero-order valence-electron chi connectivity index (χ0n) is 20.3. The summed E-state index contributed by atoms with van der Waals surface area (Å²) in [4.78, 5) is 53.9. The van der Waals surface area contributed by atoms with Crippen molar-refractivity contribution in [1.82, 2.24) is 5.32 Å². The summed E-state index contributed by atoms with van der Waals surface area (Å²) in [6, 6.07) is 0. The molecule has 35 heavy (non-hydrogen) atoms. The molecule has 0 aromatic rings. The molecule has 1 atom stereocenters. The zero-order chi connectivity index (χ0) is 26.7. The first kappa shape index (κ1) is 31.5. The van der Waals surface area contributed by atoms with Crippen LogP contribution in [0.3, 0.4) is 0 Å². The molecule has 1 amide bonds. The van der Waals surface area contributed by atoms with E-state index < -0.39 is 47.8 Å². The summed E-state index contributed by atoms with van der Waals surface area (Å²) < 4.78 is 55.2. The highest BCUT2D eigenvalue weighted by Gasteiger charge is 2.43. The monoisotopic (exact) mass is 545 g/mol. The summed E-state index contributed by atoms with van der Waals surface area (Å²) in [7, 11) is -9.24. The van der Waals surface area contributed by atoms with Gasteiger partial charge in [-0.25, -0.2) is 9.36 Å². The van der Waals surface area contributed by atoms with Crippen molar-refractivity contribution in [3.8, 4) is 0 Å². The molecule has 204 valence electrons. The van der Waals surface area contributed by atoms with Gasteiger partial charge < -0.3 is 24.6 Å². The number of carbonyl (C=O) groups excluding carboxylic acids is 3. The molecule has 0 bridgehead atoms. The van der Waals surface area contributed by atoms with Gasteiger partial charge in [0, 0.05) is 18.9 Å². The normalized spacial score (nSPS) is 16.4. The highest BCUT2D eigenvalue weighted by atomic mass is 32.2. The van der Waals surface area contributed by atoms with Gasteiger partial charge in [0.15, 0.2) is 6.10 Å². The number of ether oxygens (including phenoxy) is 2. The van der Waals surface area contributed by atoms with Gasteiger partial charge in [-0.15, -0.1) is 0 Å². The Balaban J connectivity index is 2.64. The number of phosphoric acid groups is 1. The second-order valence-electron chi connectivity index (χ2n) is 9.00. The molecule has 1 fully saturated rings. The summed E-state index contributed by atoms with van der Waals surface area (Å²) in [6.07, 6.45) is 2.62. The molecule has 3 N–H and O–H groups in total. The average molecular weight is 546 g/mol. The van der Waals surface area contributed by atoms with Crippen molar-refractivity contribution in [3.63, 3.8) is 0 Å². The van der Waals surface area contributed by atoms with Crippen LogP contribution in [0, 0.1) is 11.3 Å². The number of carbonyl (C=O) groups is 3. The van der Waals surface area contributed by atoms with Crippen molar-refractivity contribution in [2.45, 2.75) is 65.4 Å². The molecule has 0 aliphatic heterocycles. The number of amides is 1. The van der Waals surface area contributed by atoms with Crippen molar-refractivity contribution in [2.75, 3.05) is 32.1 Å². The third-order valence-corrected chi connectivity index (χ3v) is 6.98. The second-order valence-corrected chi connectivity index (χ2v) is 11.9. The van der Waals surface area contributed by atoms with E-state index in [1.165, 1.54) is 20.8 Å². The Kier molecular flexibility index (Phi) is 12.8. The highest BCUT2D eigenvalue weighted by molar-refractivity contribution is 7.86. The van der Waals surface area contributed by atoms with E-state index in [9.17, 15) is 37.2 Å². The van der Waals surface area contributed by atoms with Crippen LogP contribution in [-0.2, 0) is 47.2 Å². The third kappa shape index (κ3) is 13.3. The van der Waals surface area contributed by atoms with Gasteiger partial charge >= 0.3 is 19.8 Å². The first-order valence-electron chi connectivity index (χ1n) is 11.3. The molecule has 1 saturated carbocycles. The first-order valence-corrected chi connectivity index (χ1v) is 14.4. The van der Waals surface area contributed by atoms with Crippen LogP contribution in [-0.4, -0.2) is 74.3 Å². The molecule has 0 unspecified atom stereocenters. The Hall–Kier alpha value is -1.57. The molecule has 13 nitrogen and oxygen atoms in total. The number of phosphoric ester groups is 1. The van der Waals surface area contributed by atoms with Crippen molar-refractivity contribution in [3.05, 3.63) is 0 Å². The number of rotatable bonds is 15. The Morgan fingerprint density at radius 2 is 1.69 bits per heavy atom. The predicted octanol–water partition coefficient (Wildman–Crippen LogP) is 1.03. The van der Waals surface area contributed by atoms with Gasteiger partial charge in [0.2, 0.25) is 5.91 Å². The molecule has 15 heteroatoms. The number of nitrogens with one attached hydrogen (secondary N) is 1. The molecule has 1 rings (SSSR count). The van der Waals surface area contributed by atoms with Crippen LogP contribution in [0.2, 0.25) is 0 Å². The minimum atomic E-state index is -5.17. The lowest BCUT2D eigenvalue weighted by molar-refractivity contribution is -0.165. The van der Waals surface area contributed by atoms with Crippen molar-refractivity contribution >= 4 is 35.8 Å². The van der Waals surface area contributed by atoms with Crippen molar-refractivity contribution in [2.24, 2.45) is 11.3 Å². The third-order valence-electron chi connectivity index (χ3n) is 5.23. The topological polar surface area (TPSA) is 192 Å². The molecule has 0 heterocycles. The maximum absolute atomic E-state index is 12.5. The molecular formula is C20H36NO12PS. The van der Waals surface area contributed by atoms with Gasteiger partial charge in [0.25, 0.3) is 10.1 Å². The molecule has 0 aromatic carbocycles. The van der Waals surface area contributed by atoms with Gasteiger partial charge in [0.1, 0.15) is 13.2 Å². The average Bonchev–Trinajstić information content (AvgIpc) is 2.76. The van der Waals surface area contributed by atoms with Gasteiger partial charge in [-0.2, -0.15) is 8.42 Å². The van der Waals surface area contributed by atoms with Gasteiger partial charge in [0.05, 0.1) is 18.3 Å². The van der Waals surface area contributed by atoms with E-state index in [0.29, 0.717) is 0 Å². The van der Waals surface area contributed by atoms with E-state index in [4.69, 9.17) is 13.7 Å². The lowest BCUT2D eigenvalue weighted by Gasteiger charge is -2.31. The maximum atomic E-state index is 12.5. The van der Waals surface area contributed by atoms with Crippen LogP contribution < -0.4 is 5.32 Å². The molecular weight excluding hydrogens is 509 g/mol. The van der Waals surface area contributed by atoms with Crippen LogP contribution in [0.4, 0.5) is 0 Å². The quantitative estimate of drug-likeness (QED) is 0.115. The summed E-state index contributed by atoms with van der Waals surface area (Å²) in [6.45, 7) is 2.75. The highest BCUT2D eigenvalue weighted by Crippen LogP contribution is 2.42. The van der Waals surface area contributed by atoms with E-state index in [1.54, 1.807) is 0 Å². The lowest BCUT2D eigenvalue weighted by atomic mass is 9.87. The lowest BCUT2D eigenvalue weighted by Crippen LogP contribution is -2.43. The molecule has 0 saturated heterocycles. The summed E-state index contributed by atoms with van der Waals surface area (Å²) >= 11 is 0. The summed E-state index contributed by atoms with van der Waals surface area (Å²) in [5.74, 6) is -2.50. The molecule has 1 aliphatic rings. The van der Waals surface area contributed by atoms with E-state index in [2.05, 4.69) is 9.84 Å². The van der Waals surface area contributed by atoms with Gasteiger partial charge in [-0.05, 0) is 19.3 Å². The Bertz CT molecular complexity index is 863. The molecule has 0 aromatic heterocycles. The molecule has 0 spiro atoms. The fourth-order valence-corrected chi connectivity index (χ4v) is 5.09. The first-order chi connectivity index (χ1) is 16.1. The van der Waals surface area contributed by atoms with Crippen LogP contribution in [0.1, 0.15) is 59.3 Å². The van der Waals surface area contributed by atoms with Crippen LogP contribution in [0.25, 0.3) is 0 Å². The summed E-state index contributed by atoms with van der Waals surface area (Å²) in [5, 5.41) is 2.44. The SMILES string of the molecule is CC(=O)NCCCS(=O)(=O)OCC(C)(C)[C@@H](OP(=O)(O)O)C(=O)OCCOC(=O)C1CCCCC1. The Morgan fingerprint density at radius 1 is 1.09 bits per heavy atom. The minimum absolute atomic E-state index is 0.0758. The minimum Gasteiger partial charge on any atom is -0.462 e. The van der Waals surface area contributed by atoms with Crippen LogP contribution in [0.5, 0.6) is 0 Å². The van der Waals surface area contributed by atoms with E-state index in [-0.39, 0.29) is 44.0 Å². The number of hydrogen-bond donors (Lipinski definition) is 3. The van der Waals surface area contributed by atoms with Gasteiger partial charge in [-0.1, -0.05) is 33.1 Å². The maximum Gasteiger partial charge on any atom is 0.470 e. The van der Waals surface area contributed by atoms with Crippen molar-refractivity contribution < 1.29 is 55.3 Å². The molecule has 0 radical (unpaired) electrons. The Morgan fingerprint density at radius 3 is 2.26 bits per heavy atom. The largest absolute Gasteiger partial charge is 0.470 e. The Labute approximate surface area is 205 Å².